The van der Waals surface area contributed by atoms with Crippen molar-refractivity contribution in [1.82, 2.24) is 15.6 Å². The van der Waals surface area contributed by atoms with Crippen LogP contribution in [0.25, 0.3) is 0 Å². The first kappa shape index (κ1) is 17.8. The molecule has 2 rings (SSSR count). The fourth-order valence-electron chi connectivity index (χ4n) is 2.73. The van der Waals surface area contributed by atoms with Crippen LogP contribution in [0.4, 0.5) is 5.69 Å². The van der Waals surface area contributed by atoms with Crippen LogP contribution in [0.2, 0.25) is 0 Å². The summed E-state index contributed by atoms with van der Waals surface area (Å²) in [5.74, 6) is 0.883. The number of hydrogen-bond acceptors (Lipinski definition) is 5. The molecular formula is C18H30N4O. The Morgan fingerprint density at radius 1 is 1.43 bits per heavy atom. The van der Waals surface area contributed by atoms with Gasteiger partial charge in [0.25, 0.3) is 0 Å². The average molecular weight is 318 g/mol. The van der Waals surface area contributed by atoms with Crippen molar-refractivity contribution < 1.29 is 4.74 Å². The Kier molecular flexibility index (Phi) is 6.45. The highest BCUT2D eigenvalue weighted by Gasteiger charge is 2.24. The van der Waals surface area contributed by atoms with Crippen LogP contribution in [0.5, 0.6) is 5.75 Å². The van der Waals surface area contributed by atoms with Crippen LogP contribution in [-0.4, -0.2) is 49.3 Å². The van der Waals surface area contributed by atoms with Gasteiger partial charge < -0.3 is 10.1 Å². The van der Waals surface area contributed by atoms with Crippen LogP contribution in [-0.2, 0) is 0 Å². The van der Waals surface area contributed by atoms with Gasteiger partial charge in [0.2, 0.25) is 0 Å². The quantitative estimate of drug-likeness (QED) is 0.757. The first-order chi connectivity index (χ1) is 11.0. The zero-order chi connectivity index (χ0) is 16.8. The lowest BCUT2D eigenvalue weighted by Crippen LogP contribution is -2.40. The molecule has 2 unspecified atom stereocenters. The van der Waals surface area contributed by atoms with Crippen molar-refractivity contribution >= 4 is 5.69 Å². The van der Waals surface area contributed by atoms with Gasteiger partial charge in [-0.3, -0.25) is 0 Å². The van der Waals surface area contributed by atoms with Gasteiger partial charge in [-0.1, -0.05) is 11.6 Å². The molecule has 1 aromatic carbocycles. The number of hydrogen-bond donors (Lipinski definition) is 2. The van der Waals surface area contributed by atoms with Crippen LogP contribution >= 0.6 is 0 Å². The Morgan fingerprint density at radius 3 is 2.65 bits per heavy atom. The van der Waals surface area contributed by atoms with Crippen LogP contribution in [0.1, 0.15) is 27.2 Å². The zero-order valence-electron chi connectivity index (χ0n) is 15.0. The lowest BCUT2D eigenvalue weighted by atomic mass is 10.0. The molecule has 1 fully saturated rings. The maximum Gasteiger partial charge on any atom is 0.119 e. The summed E-state index contributed by atoms with van der Waals surface area (Å²) in [7, 11) is 3.78. The SMILES string of the molecule is C/C=C(\C)C(CCN1CC(C)N(C)N1)Nc1ccc(OC)cc1. The summed E-state index contributed by atoms with van der Waals surface area (Å²) in [5, 5.41) is 8.08. The van der Waals surface area contributed by atoms with Crippen molar-refractivity contribution in [2.45, 2.75) is 39.3 Å². The van der Waals surface area contributed by atoms with Crippen molar-refractivity contribution in [3.63, 3.8) is 0 Å². The third kappa shape index (κ3) is 4.96. The summed E-state index contributed by atoms with van der Waals surface area (Å²) in [4.78, 5) is 0. The highest BCUT2D eigenvalue weighted by Crippen LogP contribution is 2.19. The number of anilines is 1. The highest BCUT2D eigenvalue weighted by molar-refractivity contribution is 5.48. The summed E-state index contributed by atoms with van der Waals surface area (Å²) in [5.41, 5.74) is 5.88. The van der Waals surface area contributed by atoms with Crippen molar-refractivity contribution in [3.05, 3.63) is 35.9 Å². The molecule has 1 heterocycles. The number of nitrogens with one attached hydrogen (secondary N) is 2. The van der Waals surface area contributed by atoms with E-state index < -0.39 is 0 Å². The van der Waals surface area contributed by atoms with Gasteiger partial charge in [-0.2, -0.15) is 5.53 Å². The molecule has 0 spiro atoms. The predicted molar refractivity (Wildman–Crippen MR) is 96.4 cm³/mol. The normalized spacial score (nSPS) is 21.4. The van der Waals surface area contributed by atoms with Gasteiger partial charge in [0.15, 0.2) is 0 Å². The van der Waals surface area contributed by atoms with E-state index in [0.717, 1.165) is 30.9 Å². The molecule has 0 radical (unpaired) electrons. The first-order valence-corrected chi connectivity index (χ1v) is 8.31. The smallest absolute Gasteiger partial charge is 0.119 e. The van der Waals surface area contributed by atoms with Crippen LogP contribution in [0.15, 0.2) is 35.9 Å². The van der Waals surface area contributed by atoms with E-state index in [4.69, 9.17) is 4.74 Å². The van der Waals surface area contributed by atoms with Crippen molar-refractivity contribution in [1.29, 1.82) is 0 Å². The van der Waals surface area contributed by atoms with Crippen LogP contribution < -0.4 is 15.6 Å². The van der Waals surface area contributed by atoms with Gasteiger partial charge in [-0.05, 0) is 51.5 Å². The highest BCUT2D eigenvalue weighted by atomic mass is 16.5. The standard InChI is InChI=1S/C18H30N4O/c1-6-14(2)18(11-12-22-13-15(3)21(4)20-22)19-16-7-9-17(23-5)10-8-16/h6-10,15,18-20H,11-13H2,1-5H3/b14-6+. The second-order valence-corrected chi connectivity index (χ2v) is 6.25. The van der Waals surface area contributed by atoms with Gasteiger partial charge in [-0.15, -0.1) is 0 Å². The molecule has 0 bridgehead atoms. The van der Waals surface area contributed by atoms with Gasteiger partial charge in [0.1, 0.15) is 5.75 Å². The predicted octanol–water partition coefficient (Wildman–Crippen LogP) is 2.89. The number of methoxy groups -OCH3 is 1. The first-order valence-electron chi connectivity index (χ1n) is 8.31. The van der Waals surface area contributed by atoms with Gasteiger partial charge in [-0.25, -0.2) is 10.0 Å². The average Bonchev–Trinajstić information content (AvgIpc) is 2.89. The Balaban J connectivity index is 1.94. The molecule has 2 atom stereocenters. The number of hydrazine groups is 2. The van der Waals surface area contributed by atoms with Crippen LogP contribution in [0.3, 0.4) is 0 Å². The second-order valence-electron chi connectivity index (χ2n) is 6.25. The summed E-state index contributed by atoms with van der Waals surface area (Å²) < 4.78 is 5.22. The molecule has 1 aliphatic heterocycles. The monoisotopic (exact) mass is 318 g/mol. The fraction of sp³-hybridized carbons (Fsp3) is 0.556. The van der Waals surface area contributed by atoms with Gasteiger partial charge in [0, 0.05) is 37.9 Å². The minimum Gasteiger partial charge on any atom is -0.497 e. The number of likely N-dealkylation sites (N-methyl/N-ethyl adjacent to an activating group) is 1. The molecule has 0 amide bonds. The van der Waals surface area contributed by atoms with Crippen molar-refractivity contribution in [3.8, 4) is 5.75 Å². The molecule has 2 N–H and O–H groups in total. The molecule has 1 aliphatic rings. The molecule has 128 valence electrons. The van der Waals surface area contributed by atoms with E-state index in [1.165, 1.54) is 5.57 Å². The van der Waals surface area contributed by atoms with Crippen molar-refractivity contribution in [2.75, 3.05) is 32.6 Å². The fourth-order valence-corrected chi connectivity index (χ4v) is 2.73. The van der Waals surface area contributed by atoms with E-state index in [9.17, 15) is 0 Å². The molecule has 5 nitrogen and oxygen atoms in total. The Morgan fingerprint density at radius 2 is 2.13 bits per heavy atom. The Labute approximate surface area is 140 Å². The van der Waals surface area contributed by atoms with Gasteiger partial charge >= 0.3 is 0 Å². The molecule has 0 saturated carbocycles. The molecule has 5 heteroatoms. The molecule has 1 saturated heterocycles. The minimum atomic E-state index is 0.330. The molecule has 23 heavy (non-hydrogen) atoms. The molecule has 1 aromatic rings. The third-order valence-electron chi connectivity index (χ3n) is 4.57. The molecule has 0 aromatic heterocycles. The van der Waals surface area contributed by atoms with E-state index in [1.54, 1.807) is 7.11 Å². The number of ether oxygens (including phenoxy) is 1. The maximum atomic E-state index is 5.22. The second kappa shape index (κ2) is 8.34. The summed E-state index contributed by atoms with van der Waals surface area (Å²) in [6.45, 7) is 8.58. The third-order valence-corrected chi connectivity index (χ3v) is 4.57. The molecule has 0 aliphatic carbocycles. The number of benzene rings is 1. The Bertz CT molecular complexity index is 504. The van der Waals surface area contributed by atoms with Crippen molar-refractivity contribution in [2.24, 2.45) is 0 Å². The maximum absolute atomic E-state index is 5.22. The summed E-state index contributed by atoms with van der Waals surface area (Å²) in [6.07, 6.45) is 3.24. The lowest BCUT2D eigenvalue weighted by molar-refractivity contribution is 0.132. The largest absolute Gasteiger partial charge is 0.497 e. The number of allylic oxidation sites excluding steroid dienone is 1. The lowest BCUT2D eigenvalue weighted by Gasteiger charge is -2.24. The van der Waals surface area contributed by atoms with Crippen LogP contribution in [0, 0.1) is 0 Å². The minimum absolute atomic E-state index is 0.330. The van der Waals surface area contributed by atoms with E-state index in [0.29, 0.717) is 12.1 Å². The topological polar surface area (TPSA) is 39.8 Å². The van der Waals surface area contributed by atoms with E-state index >= 15 is 0 Å². The summed E-state index contributed by atoms with van der Waals surface area (Å²) >= 11 is 0. The van der Waals surface area contributed by atoms with E-state index in [-0.39, 0.29) is 0 Å². The van der Waals surface area contributed by atoms with Gasteiger partial charge in [0.05, 0.1) is 7.11 Å². The number of rotatable bonds is 7. The molecular weight excluding hydrogens is 288 g/mol. The van der Waals surface area contributed by atoms with E-state index in [1.807, 2.05) is 12.1 Å². The zero-order valence-corrected chi connectivity index (χ0v) is 15.0. The Hall–Kier alpha value is -1.56. The summed E-state index contributed by atoms with van der Waals surface area (Å²) in [6, 6.07) is 8.99. The van der Waals surface area contributed by atoms with E-state index in [2.05, 4.69) is 66.9 Å². The number of nitrogens with zero attached hydrogens (tertiary/aromatic N) is 2.